The van der Waals surface area contributed by atoms with E-state index in [-0.39, 0.29) is 17.8 Å². The molecule has 1 aromatic carbocycles. The highest BCUT2D eigenvalue weighted by Crippen LogP contribution is 2.28. The van der Waals surface area contributed by atoms with Crippen molar-refractivity contribution in [3.05, 3.63) is 30.1 Å². The summed E-state index contributed by atoms with van der Waals surface area (Å²) in [7, 11) is 0. The molecule has 1 saturated heterocycles. The highest BCUT2D eigenvalue weighted by atomic mass is 19.1. The topological polar surface area (TPSA) is 23.6 Å². The molecule has 1 aliphatic carbocycles. The van der Waals surface area contributed by atoms with E-state index in [0.717, 1.165) is 37.7 Å². The van der Waals surface area contributed by atoms with Crippen LogP contribution in [-0.4, -0.2) is 36.0 Å². The van der Waals surface area contributed by atoms with Gasteiger partial charge in [-0.25, -0.2) is 4.39 Å². The number of hydrogen-bond acceptors (Lipinski definition) is 2. The third kappa shape index (κ3) is 4.15. The first-order valence-electron chi connectivity index (χ1n) is 9.44. The van der Waals surface area contributed by atoms with Crippen LogP contribution >= 0.6 is 0 Å². The quantitative estimate of drug-likeness (QED) is 0.768. The monoisotopic (exact) mass is 332 g/mol. The molecular formula is C20H29FN2O. The average Bonchev–Trinajstić information content (AvgIpc) is 2.87. The fourth-order valence-corrected chi connectivity index (χ4v) is 4.38. The van der Waals surface area contributed by atoms with Crippen LogP contribution in [0.1, 0.15) is 58.3 Å². The lowest BCUT2D eigenvalue weighted by Gasteiger charge is -2.41. The van der Waals surface area contributed by atoms with Crippen molar-refractivity contribution in [2.75, 3.05) is 18.0 Å². The zero-order valence-electron chi connectivity index (χ0n) is 14.7. The number of carbonyl (C=O) groups excluding carboxylic acids is 1. The van der Waals surface area contributed by atoms with Gasteiger partial charge in [0.15, 0.2) is 0 Å². The SMILES string of the molecule is CC(=O)N(c1ccc(F)cc1)C1CCN(C2CCCCCC2)CC1. The summed E-state index contributed by atoms with van der Waals surface area (Å²) in [6, 6.07) is 7.28. The van der Waals surface area contributed by atoms with E-state index in [1.807, 2.05) is 4.90 Å². The van der Waals surface area contributed by atoms with Crippen LogP contribution in [0.25, 0.3) is 0 Å². The Morgan fingerprint density at radius 1 is 1.00 bits per heavy atom. The van der Waals surface area contributed by atoms with Gasteiger partial charge in [-0.3, -0.25) is 4.79 Å². The van der Waals surface area contributed by atoms with E-state index in [1.54, 1.807) is 19.1 Å². The second kappa shape index (κ2) is 8.11. The molecule has 1 aliphatic heterocycles. The van der Waals surface area contributed by atoms with Gasteiger partial charge in [-0.2, -0.15) is 0 Å². The minimum atomic E-state index is -0.259. The molecule has 0 atom stereocenters. The molecular weight excluding hydrogens is 303 g/mol. The van der Waals surface area contributed by atoms with Crippen LogP contribution < -0.4 is 4.90 Å². The van der Waals surface area contributed by atoms with Crippen molar-refractivity contribution in [2.24, 2.45) is 0 Å². The van der Waals surface area contributed by atoms with Crippen molar-refractivity contribution in [1.29, 1.82) is 0 Å². The summed E-state index contributed by atoms with van der Waals surface area (Å²) in [5.74, 6) is -0.208. The molecule has 0 aromatic heterocycles. The Labute approximate surface area is 144 Å². The second-order valence-electron chi connectivity index (χ2n) is 7.28. The number of carbonyl (C=O) groups is 1. The molecule has 0 unspecified atom stereocenters. The first kappa shape index (κ1) is 17.4. The number of halogens is 1. The van der Waals surface area contributed by atoms with Gasteiger partial charge in [0.2, 0.25) is 5.91 Å². The number of likely N-dealkylation sites (tertiary alicyclic amines) is 1. The average molecular weight is 332 g/mol. The Morgan fingerprint density at radius 2 is 1.58 bits per heavy atom. The molecule has 1 saturated carbocycles. The molecule has 0 radical (unpaired) electrons. The highest BCUT2D eigenvalue weighted by molar-refractivity contribution is 5.92. The maximum absolute atomic E-state index is 13.2. The van der Waals surface area contributed by atoms with Crippen LogP contribution in [0.4, 0.5) is 10.1 Å². The number of rotatable bonds is 3. The second-order valence-corrected chi connectivity index (χ2v) is 7.28. The Kier molecular flexibility index (Phi) is 5.88. The summed E-state index contributed by atoms with van der Waals surface area (Å²) in [6.45, 7) is 3.75. The van der Waals surface area contributed by atoms with Gasteiger partial charge in [0.25, 0.3) is 0 Å². The summed E-state index contributed by atoms with van der Waals surface area (Å²) in [4.78, 5) is 16.7. The third-order valence-electron chi connectivity index (χ3n) is 5.65. The summed E-state index contributed by atoms with van der Waals surface area (Å²) in [6.07, 6.45) is 10.2. The lowest BCUT2D eigenvalue weighted by molar-refractivity contribution is -0.117. The van der Waals surface area contributed by atoms with Gasteiger partial charge >= 0.3 is 0 Å². The van der Waals surface area contributed by atoms with Crippen molar-refractivity contribution in [3.8, 4) is 0 Å². The largest absolute Gasteiger partial charge is 0.310 e. The van der Waals surface area contributed by atoms with Crippen molar-refractivity contribution >= 4 is 11.6 Å². The smallest absolute Gasteiger partial charge is 0.224 e. The van der Waals surface area contributed by atoms with Crippen LogP contribution in [0, 0.1) is 5.82 Å². The Hall–Kier alpha value is -1.42. The maximum Gasteiger partial charge on any atom is 0.224 e. The van der Waals surface area contributed by atoms with Crippen LogP contribution in [0.3, 0.4) is 0 Å². The van der Waals surface area contributed by atoms with Gasteiger partial charge in [0.1, 0.15) is 5.82 Å². The molecule has 1 aromatic rings. The minimum absolute atomic E-state index is 0.0505. The van der Waals surface area contributed by atoms with Crippen LogP contribution in [-0.2, 0) is 4.79 Å². The van der Waals surface area contributed by atoms with Crippen LogP contribution in [0.15, 0.2) is 24.3 Å². The first-order valence-corrected chi connectivity index (χ1v) is 9.44. The number of benzene rings is 1. The van der Waals surface area contributed by atoms with E-state index in [1.165, 1.54) is 50.7 Å². The summed E-state index contributed by atoms with van der Waals surface area (Å²) >= 11 is 0. The number of piperidine rings is 1. The zero-order chi connectivity index (χ0) is 16.9. The van der Waals surface area contributed by atoms with E-state index >= 15 is 0 Å². The van der Waals surface area contributed by atoms with Crippen molar-refractivity contribution in [3.63, 3.8) is 0 Å². The Morgan fingerprint density at radius 3 is 2.12 bits per heavy atom. The van der Waals surface area contributed by atoms with Crippen molar-refractivity contribution in [1.82, 2.24) is 4.90 Å². The number of nitrogens with zero attached hydrogens (tertiary/aromatic N) is 2. The third-order valence-corrected chi connectivity index (χ3v) is 5.65. The number of hydrogen-bond donors (Lipinski definition) is 0. The van der Waals surface area contributed by atoms with E-state index in [4.69, 9.17) is 0 Å². The van der Waals surface area contributed by atoms with Crippen LogP contribution in [0.2, 0.25) is 0 Å². The predicted octanol–water partition coefficient (Wildman–Crippen LogP) is 4.37. The maximum atomic E-state index is 13.2. The van der Waals surface area contributed by atoms with E-state index in [0.29, 0.717) is 0 Å². The molecule has 3 rings (SSSR count). The molecule has 1 heterocycles. The van der Waals surface area contributed by atoms with E-state index in [9.17, 15) is 9.18 Å². The standard InChI is InChI=1S/C20H29FN2O/c1-16(24)23(19-10-8-17(21)9-11-19)20-12-14-22(15-13-20)18-6-4-2-3-5-7-18/h8-11,18,20H,2-7,12-15H2,1H3. The number of anilines is 1. The highest BCUT2D eigenvalue weighted by Gasteiger charge is 2.30. The number of amides is 1. The van der Waals surface area contributed by atoms with Gasteiger partial charge in [0, 0.05) is 37.8 Å². The van der Waals surface area contributed by atoms with Gasteiger partial charge < -0.3 is 9.80 Å². The predicted molar refractivity (Wildman–Crippen MR) is 95.6 cm³/mol. The minimum Gasteiger partial charge on any atom is -0.310 e. The molecule has 24 heavy (non-hydrogen) atoms. The Balaban J connectivity index is 1.63. The molecule has 0 spiro atoms. The fraction of sp³-hybridized carbons (Fsp3) is 0.650. The molecule has 3 nitrogen and oxygen atoms in total. The Bertz CT molecular complexity index is 529. The van der Waals surface area contributed by atoms with Crippen molar-refractivity contribution < 1.29 is 9.18 Å². The van der Waals surface area contributed by atoms with Gasteiger partial charge in [-0.1, -0.05) is 25.7 Å². The summed E-state index contributed by atoms with van der Waals surface area (Å²) in [5, 5.41) is 0. The lowest BCUT2D eigenvalue weighted by atomic mass is 9.98. The molecule has 0 bridgehead atoms. The zero-order valence-corrected chi connectivity index (χ0v) is 14.7. The van der Waals surface area contributed by atoms with E-state index < -0.39 is 0 Å². The van der Waals surface area contributed by atoms with Gasteiger partial charge in [-0.05, 0) is 49.9 Å². The van der Waals surface area contributed by atoms with Crippen molar-refractivity contribution in [2.45, 2.75) is 70.4 Å². The van der Waals surface area contributed by atoms with Gasteiger partial charge in [0.05, 0.1) is 0 Å². The molecule has 4 heteroatoms. The van der Waals surface area contributed by atoms with E-state index in [2.05, 4.69) is 4.90 Å². The summed E-state index contributed by atoms with van der Waals surface area (Å²) in [5.41, 5.74) is 0.816. The fourth-order valence-electron chi connectivity index (χ4n) is 4.38. The first-order chi connectivity index (χ1) is 11.6. The normalized spacial score (nSPS) is 21.4. The molecule has 2 fully saturated rings. The molecule has 2 aliphatic rings. The molecule has 0 N–H and O–H groups in total. The molecule has 132 valence electrons. The van der Waals surface area contributed by atoms with Gasteiger partial charge in [-0.15, -0.1) is 0 Å². The summed E-state index contributed by atoms with van der Waals surface area (Å²) < 4.78 is 13.2. The van der Waals surface area contributed by atoms with Crippen LogP contribution in [0.5, 0.6) is 0 Å². The molecule has 1 amide bonds. The lowest BCUT2D eigenvalue weighted by Crippen LogP contribution is -2.49.